The summed E-state index contributed by atoms with van der Waals surface area (Å²) in [5.74, 6) is 0. The van der Waals surface area contributed by atoms with Crippen LogP contribution in [-0.4, -0.2) is 60.2 Å². The minimum absolute atomic E-state index is 1.11. The molecule has 0 aliphatic rings. The van der Waals surface area contributed by atoms with Crippen LogP contribution in [0.1, 0.15) is 79.1 Å². The summed E-state index contributed by atoms with van der Waals surface area (Å²) < 4.78 is 2.25. The van der Waals surface area contributed by atoms with Crippen molar-refractivity contribution in [3.63, 3.8) is 0 Å². The molecule has 0 aromatic rings. The van der Waals surface area contributed by atoms with Crippen molar-refractivity contribution in [1.82, 2.24) is 9.80 Å². The molecule has 0 heterocycles. The molecule has 27 heavy (non-hydrogen) atoms. The van der Waals surface area contributed by atoms with E-state index in [1.165, 1.54) is 51.4 Å². The molecule has 0 aromatic carbocycles. The molecule has 0 spiro atoms. The van der Waals surface area contributed by atoms with Crippen molar-refractivity contribution < 1.29 is 0 Å². The molecule has 7 heteroatoms. The van der Waals surface area contributed by atoms with Gasteiger partial charge in [0.05, 0.1) is 0 Å². The summed E-state index contributed by atoms with van der Waals surface area (Å²) in [4.78, 5) is 9.86. The zero-order valence-electron chi connectivity index (χ0n) is 18.5. The first-order chi connectivity index (χ1) is 12.8. The molecule has 160 valence electrons. The van der Waals surface area contributed by atoms with E-state index in [4.69, 9.17) is 24.4 Å². The summed E-state index contributed by atoms with van der Waals surface area (Å²) in [6, 6.07) is 0. The van der Waals surface area contributed by atoms with Crippen molar-refractivity contribution in [1.29, 1.82) is 0 Å². The Morgan fingerprint density at radius 2 is 0.889 bits per heavy atom. The van der Waals surface area contributed by atoms with Gasteiger partial charge in [0.2, 0.25) is 0 Å². The Balaban J connectivity index is 4.82. The van der Waals surface area contributed by atoms with E-state index in [1.54, 1.807) is 0 Å². The van der Waals surface area contributed by atoms with Crippen LogP contribution >= 0.6 is 42.3 Å². The zero-order valence-corrected chi connectivity index (χ0v) is 24.6. The second-order valence-corrected chi connectivity index (χ2v) is 36.9. The SMILES string of the molecule is CCCCN(CCCC)C(=S)[S][Sn]([CH3])([CH3])[S]C(=S)N(CCCC)CCCC. The van der Waals surface area contributed by atoms with Crippen LogP contribution in [0.25, 0.3) is 0 Å². The second-order valence-electron chi connectivity index (χ2n) is 7.52. The number of hydrogen-bond acceptors (Lipinski definition) is 4. The summed E-state index contributed by atoms with van der Waals surface area (Å²) >= 11 is 9.29. The van der Waals surface area contributed by atoms with Gasteiger partial charge in [-0.1, -0.05) is 0 Å². The number of rotatable bonds is 14. The van der Waals surface area contributed by atoms with Gasteiger partial charge >= 0.3 is 191 Å². The molecule has 0 saturated carbocycles. The standard InChI is InChI=1S/2C9H19NS2.2CH3.Sn/c2*1-3-5-7-10(9(11)12)8-6-4-2;;;/h2*3-8H2,1-2H3,(H,11,12);2*1H3;/q;;;;+2/p-2. The molecule has 0 aliphatic heterocycles. The Morgan fingerprint density at radius 3 is 1.11 bits per heavy atom. The molecule has 0 amide bonds. The van der Waals surface area contributed by atoms with Gasteiger partial charge < -0.3 is 0 Å². The van der Waals surface area contributed by atoms with Gasteiger partial charge in [0.1, 0.15) is 0 Å². The van der Waals surface area contributed by atoms with Crippen molar-refractivity contribution >= 4 is 66.6 Å². The van der Waals surface area contributed by atoms with Gasteiger partial charge in [-0.3, -0.25) is 0 Å². The van der Waals surface area contributed by atoms with E-state index in [2.05, 4.69) is 47.4 Å². The fraction of sp³-hybridized carbons (Fsp3) is 0.900. The Hall–Kier alpha value is 1.28. The quantitative estimate of drug-likeness (QED) is 0.160. The van der Waals surface area contributed by atoms with E-state index in [9.17, 15) is 0 Å². The molecule has 0 aliphatic carbocycles. The predicted molar refractivity (Wildman–Crippen MR) is 141 cm³/mol. The molecule has 0 rings (SSSR count). The molecule has 0 radical (unpaired) electrons. The molecule has 0 atom stereocenters. The van der Waals surface area contributed by atoms with Gasteiger partial charge in [-0.05, 0) is 0 Å². The monoisotopic (exact) mass is 558 g/mol. The van der Waals surface area contributed by atoms with Gasteiger partial charge in [0, 0.05) is 0 Å². The first-order valence-corrected chi connectivity index (χ1v) is 25.9. The Morgan fingerprint density at radius 1 is 0.630 bits per heavy atom. The molecule has 2 nitrogen and oxygen atoms in total. The zero-order chi connectivity index (χ0) is 20.7. The van der Waals surface area contributed by atoms with Crippen LogP contribution < -0.4 is 0 Å². The molecular weight excluding hydrogens is 515 g/mol. The van der Waals surface area contributed by atoms with E-state index in [0.29, 0.717) is 0 Å². The van der Waals surface area contributed by atoms with Crippen LogP contribution in [-0.2, 0) is 0 Å². The van der Waals surface area contributed by atoms with Gasteiger partial charge in [-0.2, -0.15) is 0 Å². The molecule has 0 unspecified atom stereocenters. The molecule has 0 saturated heterocycles. The van der Waals surface area contributed by atoms with Gasteiger partial charge in [0.25, 0.3) is 0 Å². The summed E-state index contributed by atoms with van der Waals surface area (Å²) in [6.45, 7) is 13.5. The average molecular weight is 558 g/mol. The second kappa shape index (κ2) is 17.0. The minimum atomic E-state index is -2.47. The van der Waals surface area contributed by atoms with E-state index >= 15 is 0 Å². The molecule has 0 N–H and O–H groups in total. The van der Waals surface area contributed by atoms with E-state index in [1.807, 2.05) is 17.9 Å². The summed E-state index contributed by atoms with van der Waals surface area (Å²) in [5, 5.41) is 0. The Labute approximate surface area is 190 Å². The fourth-order valence-electron chi connectivity index (χ4n) is 2.56. The normalized spacial score (nSPS) is 11.5. The average Bonchev–Trinajstić information content (AvgIpc) is 2.60. The van der Waals surface area contributed by atoms with Gasteiger partial charge in [0.15, 0.2) is 0 Å². The van der Waals surface area contributed by atoms with Crippen LogP contribution in [0.15, 0.2) is 0 Å². The topological polar surface area (TPSA) is 6.48 Å². The number of thiocarbonyl (C=S) groups is 2. The Kier molecular flexibility index (Phi) is 17.8. The van der Waals surface area contributed by atoms with E-state index in [0.717, 1.165) is 34.8 Å². The third-order valence-corrected chi connectivity index (χ3v) is 24.8. The van der Waals surface area contributed by atoms with Crippen molar-refractivity contribution in [3.05, 3.63) is 0 Å². The van der Waals surface area contributed by atoms with Gasteiger partial charge in [-0.15, -0.1) is 0 Å². The molecule has 0 bridgehead atoms. The maximum absolute atomic E-state index is 5.88. The third-order valence-electron chi connectivity index (χ3n) is 4.31. The molecular formula is C20H42N2S4Sn. The fourth-order valence-corrected chi connectivity index (χ4v) is 28.7. The first-order valence-electron chi connectivity index (χ1n) is 10.8. The van der Waals surface area contributed by atoms with Crippen molar-refractivity contribution in [2.24, 2.45) is 0 Å². The summed E-state index contributed by atoms with van der Waals surface area (Å²) in [5.41, 5.74) is 0. The Bertz CT molecular complexity index is 367. The van der Waals surface area contributed by atoms with Crippen molar-refractivity contribution in [3.8, 4) is 0 Å². The van der Waals surface area contributed by atoms with Crippen molar-refractivity contribution in [2.75, 3.05) is 26.2 Å². The van der Waals surface area contributed by atoms with E-state index in [-0.39, 0.29) is 0 Å². The predicted octanol–water partition coefficient (Wildman–Crippen LogP) is 7.53. The van der Waals surface area contributed by atoms with Crippen LogP contribution in [0.3, 0.4) is 0 Å². The van der Waals surface area contributed by atoms with Crippen LogP contribution in [0.4, 0.5) is 0 Å². The number of hydrogen-bond donors (Lipinski definition) is 0. The molecule has 0 aromatic heterocycles. The third kappa shape index (κ3) is 14.0. The summed E-state index contributed by atoms with van der Waals surface area (Å²) in [6.07, 6.45) is 9.83. The number of unbranched alkanes of at least 4 members (excludes halogenated alkanes) is 4. The van der Waals surface area contributed by atoms with Crippen LogP contribution in [0.2, 0.25) is 9.88 Å². The van der Waals surface area contributed by atoms with Crippen LogP contribution in [0, 0.1) is 0 Å². The van der Waals surface area contributed by atoms with Crippen LogP contribution in [0.5, 0.6) is 0 Å². The summed E-state index contributed by atoms with van der Waals surface area (Å²) in [7, 11) is 4.04. The van der Waals surface area contributed by atoms with E-state index < -0.39 is 15.6 Å². The number of nitrogens with zero attached hydrogens (tertiary/aromatic N) is 2. The van der Waals surface area contributed by atoms with Crippen molar-refractivity contribution in [2.45, 2.75) is 88.9 Å². The van der Waals surface area contributed by atoms with Gasteiger partial charge in [-0.25, -0.2) is 0 Å². The first kappa shape index (κ1) is 28.3. The molecule has 0 fully saturated rings. The maximum atomic E-state index is 5.88.